The summed E-state index contributed by atoms with van der Waals surface area (Å²) in [5.74, 6) is 0. The Bertz CT molecular complexity index is 117. The molecule has 0 saturated carbocycles. The van der Waals surface area contributed by atoms with Crippen molar-refractivity contribution in [1.82, 2.24) is 4.90 Å². The predicted molar refractivity (Wildman–Crippen MR) is 34.4 cm³/mol. The van der Waals surface area contributed by atoms with Gasteiger partial charge in [-0.05, 0) is 6.08 Å². The van der Waals surface area contributed by atoms with Crippen LogP contribution in [0.25, 0.3) is 0 Å². The summed E-state index contributed by atoms with van der Waals surface area (Å²) in [6.07, 6.45) is 4.01. The fourth-order valence-corrected chi connectivity index (χ4v) is 0.700. The van der Waals surface area contributed by atoms with Crippen LogP contribution in [0.15, 0.2) is 12.2 Å². The van der Waals surface area contributed by atoms with Crippen molar-refractivity contribution in [1.29, 1.82) is 0 Å². The monoisotopic (exact) mass is 113 g/mol. The van der Waals surface area contributed by atoms with Gasteiger partial charge in [-0.25, -0.2) is 0 Å². The molecule has 0 radical (unpaired) electrons. The number of hydrogen-bond acceptors (Lipinski definition) is 1. The number of thiocarbonyl (C=S) groups is 1. The van der Waals surface area contributed by atoms with Crippen molar-refractivity contribution in [2.24, 2.45) is 0 Å². The maximum Gasteiger partial charge on any atom is 0.101 e. The number of rotatable bonds is 0. The van der Waals surface area contributed by atoms with E-state index >= 15 is 0 Å². The van der Waals surface area contributed by atoms with Crippen LogP contribution in [0.4, 0.5) is 0 Å². The Morgan fingerprint density at radius 3 is 2.71 bits per heavy atom. The second kappa shape index (κ2) is 1.62. The van der Waals surface area contributed by atoms with Gasteiger partial charge in [-0.3, -0.25) is 0 Å². The molecule has 0 saturated heterocycles. The second-order valence-electron chi connectivity index (χ2n) is 1.62. The van der Waals surface area contributed by atoms with E-state index in [0.717, 1.165) is 11.5 Å². The molecule has 0 bridgehead atoms. The summed E-state index contributed by atoms with van der Waals surface area (Å²) in [7, 11) is 1.99. The number of hydrogen-bond donors (Lipinski definition) is 0. The van der Waals surface area contributed by atoms with E-state index in [-0.39, 0.29) is 0 Å². The van der Waals surface area contributed by atoms with Gasteiger partial charge in [0.05, 0.1) is 0 Å². The average Bonchev–Trinajstić information content (AvgIpc) is 1.91. The molecule has 0 aliphatic carbocycles. The van der Waals surface area contributed by atoms with Gasteiger partial charge >= 0.3 is 0 Å². The molecule has 0 aromatic rings. The third-order valence-electron chi connectivity index (χ3n) is 1.02. The molecule has 0 atom stereocenters. The summed E-state index contributed by atoms with van der Waals surface area (Å²) >= 11 is 4.88. The highest BCUT2D eigenvalue weighted by atomic mass is 32.1. The molecular weight excluding hydrogens is 106 g/mol. The molecule has 7 heavy (non-hydrogen) atoms. The highest BCUT2D eigenvalue weighted by Gasteiger charge is 2.02. The van der Waals surface area contributed by atoms with Crippen LogP contribution in [0, 0.1) is 0 Å². The zero-order chi connectivity index (χ0) is 5.28. The van der Waals surface area contributed by atoms with E-state index in [9.17, 15) is 0 Å². The standard InChI is InChI=1S/C5H7NS/c1-6-4-2-3-5(6)7/h2-3H,4H2,1H3. The third-order valence-corrected chi connectivity index (χ3v) is 1.46. The van der Waals surface area contributed by atoms with Crippen LogP contribution < -0.4 is 0 Å². The highest BCUT2D eigenvalue weighted by molar-refractivity contribution is 7.80. The Morgan fingerprint density at radius 2 is 2.57 bits per heavy atom. The molecule has 1 aliphatic rings. The average molecular weight is 113 g/mol. The van der Waals surface area contributed by atoms with Crippen LogP contribution in [0.5, 0.6) is 0 Å². The molecule has 0 unspecified atom stereocenters. The third kappa shape index (κ3) is 0.800. The van der Waals surface area contributed by atoms with Crippen LogP contribution >= 0.6 is 12.2 Å². The van der Waals surface area contributed by atoms with E-state index in [4.69, 9.17) is 12.2 Å². The van der Waals surface area contributed by atoms with Crippen LogP contribution in [-0.4, -0.2) is 23.5 Å². The van der Waals surface area contributed by atoms with Crippen molar-refractivity contribution < 1.29 is 0 Å². The molecule has 1 heterocycles. The van der Waals surface area contributed by atoms with Crippen molar-refractivity contribution in [2.45, 2.75) is 0 Å². The number of nitrogens with zero attached hydrogens (tertiary/aromatic N) is 1. The fourth-order valence-electron chi connectivity index (χ4n) is 0.529. The molecule has 38 valence electrons. The lowest BCUT2D eigenvalue weighted by atomic mass is 10.6. The van der Waals surface area contributed by atoms with Crippen molar-refractivity contribution in [2.75, 3.05) is 13.6 Å². The Kier molecular flexibility index (Phi) is 1.11. The molecule has 0 fully saturated rings. The van der Waals surface area contributed by atoms with Crippen molar-refractivity contribution in [3.05, 3.63) is 12.2 Å². The number of likely N-dealkylation sites (N-methyl/N-ethyl adjacent to an activating group) is 1. The summed E-state index contributed by atoms with van der Waals surface area (Å²) in [5.41, 5.74) is 0. The molecule has 0 N–H and O–H groups in total. The maximum atomic E-state index is 4.88. The van der Waals surface area contributed by atoms with Gasteiger partial charge in [-0.2, -0.15) is 0 Å². The molecule has 1 aliphatic heterocycles. The molecule has 0 spiro atoms. The minimum Gasteiger partial charge on any atom is -0.362 e. The molecule has 0 aromatic carbocycles. The lowest BCUT2D eigenvalue weighted by molar-refractivity contribution is 0.593. The summed E-state index contributed by atoms with van der Waals surface area (Å²) in [6, 6.07) is 0. The lowest BCUT2D eigenvalue weighted by Crippen LogP contribution is -2.17. The molecule has 1 nitrogen and oxygen atoms in total. The van der Waals surface area contributed by atoms with Gasteiger partial charge in [0.15, 0.2) is 0 Å². The Labute approximate surface area is 48.6 Å². The van der Waals surface area contributed by atoms with Gasteiger partial charge < -0.3 is 4.90 Å². The summed E-state index contributed by atoms with van der Waals surface area (Å²) in [6.45, 7) is 0.985. The van der Waals surface area contributed by atoms with E-state index in [2.05, 4.69) is 6.08 Å². The smallest absolute Gasteiger partial charge is 0.101 e. The van der Waals surface area contributed by atoms with Gasteiger partial charge in [0.25, 0.3) is 0 Å². The molecular formula is C5H7NS. The van der Waals surface area contributed by atoms with Crippen molar-refractivity contribution >= 4 is 17.2 Å². The Balaban J connectivity index is 2.62. The van der Waals surface area contributed by atoms with Gasteiger partial charge in [0.1, 0.15) is 4.99 Å². The topological polar surface area (TPSA) is 3.24 Å². The van der Waals surface area contributed by atoms with Gasteiger partial charge in [-0.1, -0.05) is 18.3 Å². The lowest BCUT2D eigenvalue weighted by Gasteiger charge is -2.06. The second-order valence-corrected chi connectivity index (χ2v) is 2.04. The summed E-state index contributed by atoms with van der Waals surface area (Å²) < 4.78 is 0. The highest BCUT2D eigenvalue weighted by Crippen LogP contribution is 1.97. The summed E-state index contributed by atoms with van der Waals surface area (Å²) in [5, 5.41) is 0. The normalized spacial score (nSPS) is 19.0. The minimum absolute atomic E-state index is 0.944. The largest absolute Gasteiger partial charge is 0.362 e. The summed E-state index contributed by atoms with van der Waals surface area (Å²) in [4.78, 5) is 2.97. The SMILES string of the molecule is CN1CC=CC1=S. The van der Waals surface area contributed by atoms with Crippen LogP contribution in [0.1, 0.15) is 0 Å². The molecule has 2 heteroatoms. The van der Waals surface area contributed by atoms with Gasteiger partial charge in [-0.15, -0.1) is 0 Å². The first kappa shape index (κ1) is 4.78. The van der Waals surface area contributed by atoms with Crippen LogP contribution in [0.2, 0.25) is 0 Å². The first-order chi connectivity index (χ1) is 3.30. The quantitative estimate of drug-likeness (QED) is 0.428. The predicted octanol–water partition coefficient (Wildman–Crippen LogP) is 0.815. The van der Waals surface area contributed by atoms with E-state index in [1.807, 2.05) is 18.0 Å². The van der Waals surface area contributed by atoms with E-state index in [1.54, 1.807) is 0 Å². The zero-order valence-electron chi connectivity index (χ0n) is 4.22. The van der Waals surface area contributed by atoms with Crippen molar-refractivity contribution in [3.63, 3.8) is 0 Å². The van der Waals surface area contributed by atoms with E-state index < -0.39 is 0 Å². The first-order valence-corrected chi connectivity index (χ1v) is 2.63. The van der Waals surface area contributed by atoms with Crippen LogP contribution in [0.3, 0.4) is 0 Å². The first-order valence-electron chi connectivity index (χ1n) is 2.22. The molecule has 0 amide bonds. The van der Waals surface area contributed by atoms with Gasteiger partial charge in [0, 0.05) is 13.6 Å². The Hall–Kier alpha value is -0.370. The fraction of sp³-hybridized carbons (Fsp3) is 0.400. The molecule has 1 rings (SSSR count). The van der Waals surface area contributed by atoms with E-state index in [1.165, 1.54) is 0 Å². The van der Waals surface area contributed by atoms with Crippen molar-refractivity contribution in [3.8, 4) is 0 Å². The maximum absolute atomic E-state index is 4.88. The van der Waals surface area contributed by atoms with Crippen LogP contribution in [-0.2, 0) is 0 Å². The molecule has 0 aromatic heterocycles. The van der Waals surface area contributed by atoms with E-state index in [0.29, 0.717) is 0 Å². The zero-order valence-corrected chi connectivity index (χ0v) is 5.03. The van der Waals surface area contributed by atoms with Gasteiger partial charge in [0.2, 0.25) is 0 Å². The Morgan fingerprint density at radius 1 is 1.86 bits per heavy atom. The minimum atomic E-state index is 0.944.